The van der Waals surface area contributed by atoms with Gasteiger partial charge in [-0.2, -0.15) is 0 Å². The molecule has 0 radical (unpaired) electrons. The number of nitrogens with one attached hydrogen (secondary N) is 2. The second-order valence-electron chi connectivity index (χ2n) is 7.41. The van der Waals surface area contributed by atoms with Crippen LogP contribution in [-0.4, -0.2) is 53.9 Å². The van der Waals surface area contributed by atoms with E-state index in [-0.39, 0.29) is 41.9 Å². The van der Waals surface area contributed by atoms with Crippen LogP contribution in [-0.2, 0) is 4.79 Å². The van der Waals surface area contributed by atoms with Crippen LogP contribution in [0, 0.1) is 23.0 Å². The van der Waals surface area contributed by atoms with Crippen LogP contribution in [0.15, 0.2) is 18.2 Å². The highest BCUT2D eigenvalue weighted by atomic mass is 35.5. The van der Waals surface area contributed by atoms with E-state index < -0.39 is 4.92 Å². The number of hydrogen-bond acceptors (Lipinski definition) is 5. The zero-order chi connectivity index (χ0) is 19.4. The molecule has 28 heavy (non-hydrogen) atoms. The first-order valence-corrected chi connectivity index (χ1v) is 9.51. The minimum atomic E-state index is -0.484. The molecule has 0 spiro atoms. The standard InChI is InChI=1S/C19H26N4O4.ClH/c1-13-6-7-15(23(26)27)10-16(13)19(25)22-9-3-4-14(12-22)11-21-18(24)17-5-2-8-20-17;/h6-7,10,14,17,20H,2-5,8-9,11-12H2,1H3,(H,21,24);1H. The fourth-order valence-corrected chi connectivity index (χ4v) is 3.82. The Morgan fingerprint density at radius 3 is 2.79 bits per heavy atom. The van der Waals surface area contributed by atoms with E-state index in [1.807, 2.05) is 0 Å². The summed E-state index contributed by atoms with van der Waals surface area (Å²) in [7, 11) is 0. The number of aryl methyl sites for hydroxylation is 1. The number of carbonyl (C=O) groups excluding carboxylic acids is 2. The first-order chi connectivity index (χ1) is 13.0. The highest BCUT2D eigenvalue weighted by Gasteiger charge is 2.28. The molecule has 3 rings (SSSR count). The minimum Gasteiger partial charge on any atom is -0.354 e. The molecule has 8 nitrogen and oxygen atoms in total. The van der Waals surface area contributed by atoms with Crippen LogP contribution in [0.1, 0.15) is 41.6 Å². The van der Waals surface area contributed by atoms with Crippen molar-refractivity contribution in [2.45, 2.75) is 38.6 Å². The van der Waals surface area contributed by atoms with E-state index in [4.69, 9.17) is 0 Å². The molecule has 9 heteroatoms. The molecule has 0 bridgehead atoms. The Morgan fingerprint density at radius 2 is 2.11 bits per heavy atom. The number of hydrogen-bond donors (Lipinski definition) is 2. The minimum absolute atomic E-state index is 0. The molecule has 2 atom stereocenters. The lowest BCUT2D eigenvalue weighted by molar-refractivity contribution is -0.384. The smallest absolute Gasteiger partial charge is 0.270 e. The summed E-state index contributed by atoms with van der Waals surface area (Å²) in [5.74, 6) is 0.0576. The molecule has 2 saturated heterocycles. The lowest BCUT2D eigenvalue weighted by Crippen LogP contribution is -2.46. The topological polar surface area (TPSA) is 105 Å². The van der Waals surface area contributed by atoms with Gasteiger partial charge in [0.1, 0.15) is 0 Å². The van der Waals surface area contributed by atoms with Crippen LogP contribution in [0.3, 0.4) is 0 Å². The third-order valence-corrected chi connectivity index (χ3v) is 5.41. The monoisotopic (exact) mass is 410 g/mol. The number of rotatable bonds is 5. The molecule has 1 aromatic rings. The summed E-state index contributed by atoms with van der Waals surface area (Å²) in [5.41, 5.74) is 1.03. The molecule has 0 aromatic heterocycles. The van der Waals surface area contributed by atoms with Gasteiger partial charge < -0.3 is 15.5 Å². The number of non-ortho nitro benzene ring substituents is 1. The van der Waals surface area contributed by atoms with Gasteiger partial charge in [-0.25, -0.2) is 0 Å². The molecule has 2 fully saturated rings. The number of nitro groups is 1. The molecular formula is C19H27ClN4O4. The average Bonchev–Trinajstić information content (AvgIpc) is 3.21. The van der Waals surface area contributed by atoms with E-state index in [1.54, 1.807) is 17.9 Å². The number of benzene rings is 1. The largest absolute Gasteiger partial charge is 0.354 e. The van der Waals surface area contributed by atoms with Gasteiger partial charge in [-0.1, -0.05) is 6.07 Å². The molecule has 0 saturated carbocycles. The number of nitrogens with zero attached hydrogens (tertiary/aromatic N) is 2. The van der Waals surface area contributed by atoms with Gasteiger partial charge in [-0.3, -0.25) is 19.7 Å². The summed E-state index contributed by atoms with van der Waals surface area (Å²) in [5, 5.41) is 17.2. The van der Waals surface area contributed by atoms with Crippen molar-refractivity contribution < 1.29 is 14.5 Å². The third-order valence-electron chi connectivity index (χ3n) is 5.41. The first kappa shape index (κ1) is 22.1. The van der Waals surface area contributed by atoms with Crippen molar-refractivity contribution in [2.24, 2.45) is 5.92 Å². The quantitative estimate of drug-likeness (QED) is 0.571. The van der Waals surface area contributed by atoms with Crippen LogP contribution < -0.4 is 10.6 Å². The molecule has 2 amide bonds. The van der Waals surface area contributed by atoms with Crippen molar-refractivity contribution in [3.8, 4) is 0 Å². The molecular weight excluding hydrogens is 384 g/mol. The maximum absolute atomic E-state index is 12.9. The van der Waals surface area contributed by atoms with Gasteiger partial charge in [-0.15, -0.1) is 12.4 Å². The number of halogens is 1. The molecule has 1 aromatic carbocycles. The van der Waals surface area contributed by atoms with E-state index in [2.05, 4.69) is 10.6 Å². The predicted octanol–water partition coefficient (Wildman–Crippen LogP) is 2.05. The number of nitro benzene ring substituents is 1. The Hall–Kier alpha value is -2.19. The number of carbonyl (C=O) groups is 2. The Bertz CT molecular complexity index is 737. The van der Waals surface area contributed by atoms with Crippen LogP contribution >= 0.6 is 12.4 Å². The van der Waals surface area contributed by atoms with Gasteiger partial charge in [0, 0.05) is 37.3 Å². The van der Waals surface area contributed by atoms with Gasteiger partial charge in [0.25, 0.3) is 11.6 Å². The van der Waals surface area contributed by atoms with Gasteiger partial charge in [0.05, 0.1) is 11.0 Å². The van der Waals surface area contributed by atoms with Crippen molar-refractivity contribution in [2.75, 3.05) is 26.2 Å². The van der Waals surface area contributed by atoms with Gasteiger partial charge in [0.15, 0.2) is 0 Å². The summed E-state index contributed by atoms with van der Waals surface area (Å²) < 4.78 is 0. The van der Waals surface area contributed by atoms with Gasteiger partial charge >= 0.3 is 0 Å². The second-order valence-corrected chi connectivity index (χ2v) is 7.41. The van der Waals surface area contributed by atoms with E-state index >= 15 is 0 Å². The normalized spacial score (nSPS) is 21.7. The number of likely N-dealkylation sites (tertiary alicyclic amines) is 1. The molecule has 2 aliphatic rings. The summed E-state index contributed by atoms with van der Waals surface area (Å²) in [6, 6.07) is 4.28. The Balaban J connectivity index is 0.00000280. The Morgan fingerprint density at radius 1 is 1.32 bits per heavy atom. The molecule has 2 aliphatic heterocycles. The van der Waals surface area contributed by atoms with Gasteiger partial charge in [-0.05, 0) is 50.6 Å². The molecule has 2 unspecified atom stereocenters. The second kappa shape index (κ2) is 9.84. The number of amides is 2. The van der Waals surface area contributed by atoms with E-state index in [1.165, 1.54) is 12.1 Å². The molecule has 0 aliphatic carbocycles. The fraction of sp³-hybridized carbons (Fsp3) is 0.579. The maximum Gasteiger partial charge on any atom is 0.270 e. The average molecular weight is 411 g/mol. The first-order valence-electron chi connectivity index (χ1n) is 9.51. The van der Waals surface area contributed by atoms with Gasteiger partial charge in [0.2, 0.25) is 5.91 Å². The zero-order valence-electron chi connectivity index (χ0n) is 16.0. The van der Waals surface area contributed by atoms with Crippen molar-refractivity contribution in [3.05, 3.63) is 39.4 Å². The van der Waals surface area contributed by atoms with Crippen LogP contribution in [0.4, 0.5) is 5.69 Å². The summed E-state index contributed by atoms with van der Waals surface area (Å²) >= 11 is 0. The van der Waals surface area contributed by atoms with Crippen molar-refractivity contribution in [1.82, 2.24) is 15.5 Å². The van der Waals surface area contributed by atoms with Crippen LogP contribution in [0.2, 0.25) is 0 Å². The zero-order valence-corrected chi connectivity index (χ0v) is 16.8. The van der Waals surface area contributed by atoms with Crippen molar-refractivity contribution in [3.63, 3.8) is 0 Å². The van der Waals surface area contributed by atoms with E-state index in [9.17, 15) is 19.7 Å². The molecule has 2 heterocycles. The van der Waals surface area contributed by atoms with Crippen molar-refractivity contribution in [1.29, 1.82) is 0 Å². The predicted molar refractivity (Wildman–Crippen MR) is 108 cm³/mol. The molecule has 2 N–H and O–H groups in total. The third kappa shape index (κ3) is 5.20. The Kier molecular flexibility index (Phi) is 7.77. The number of piperidine rings is 1. The molecule has 154 valence electrons. The van der Waals surface area contributed by atoms with Crippen LogP contribution in [0.25, 0.3) is 0 Å². The summed E-state index contributed by atoms with van der Waals surface area (Å²) in [6.45, 7) is 4.41. The van der Waals surface area contributed by atoms with Crippen LogP contribution in [0.5, 0.6) is 0 Å². The van der Waals surface area contributed by atoms with E-state index in [0.717, 1.165) is 37.8 Å². The highest BCUT2D eigenvalue weighted by molar-refractivity contribution is 5.96. The highest BCUT2D eigenvalue weighted by Crippen LogP contribution is 2.22. The van der Waals surface area contributed by atoms with E-state index in [0.29, 0.717) is 25.2 Å². The maximum atomic E-state index is 12.9. The Labute approximate surface area is 170 Å². The van der Waals surface area contributed by atoms with Crippen molar-refractivity contribution >= 4 is 29.9 Å². The SMILES string of the molecule is Cc1ccc([N+](=O)[O-])cc1C(=O)N1CCCC(CNC(=O)C2CCCN2)C1.Cl. The summed E-state index contributed by atoms with van der Waals surface area (Å²) in [6.07, 6.45) is 3.71. The summed E-state index contributed by atoms with van der Waals surface area (Å²) in [4.78, 5) is 37.3. The fourth-order valence-electron chi connectivity index (χ4n) is 3.82. The lowest BCUT2D eigenvalue weighted by atomic mass is 9.96. The lowest BCUT2D eigenvalue weighted by Gasteiger charge is -2.33.